The van der Waals surface area contributed by atoms with Gasteiger partial charge in [0.05, 0.1) is 6.04 Å². The van der Waals surface area contributed by atoms with Crippen LogP contribution in [0.15, 0.2) is 127 Å². The molecule has 1 saturated heterocycles. The number of hydrazine groups is 1. The average molecular weight is 574 g/mol. The van der Waals surface area contributed by atoms with Crippen molar-refractivity contribution in [3.05, 3.63) is 127 Å². The highest BCUT2D eigenvalue weighted by Crippen LogP contribution is 2.31. The van der Waals surface area contributed by atoms with Gasteiger partial charge in [-0.15, -0.1) is 6.58 Å². The van der Waals surface area contributed by atoms with Crippen LogP contribution >= 0.6 is 0 Å². The summed E-state index contributed by atoms with van der Waals surface area (Å²) in [6.07, 6.45) is 30.3. The summed E-state index contributed by atoms with van der Waals surface area (Å²) in [5, 5.41) is 6.38. The molecule has 2 atom stereocenters. The third kappa shape index (κ3) is 9.46. The molecule has 3 nitrogen and oxygen atoms in total. The highest BCUT2D eigenvalue weighted by atomic mass is 15.5. The normalized spacial score (nSPS) is 20.1. The van der Waals surface area contributed by atoms with Crippen molar-refractivity contribution in [2.75, 3.05) is 12.0 Å². The third-order valence-corrected chi connectivity index (χ3v) is 9.12. The van der Waals surface area contributed by atoms with Crippen LogP contribution in [0.25, 0.3) is 11.1 Å². The van der Waals surface area contributed by atoms with Gasteiger partial charge in [0, 0.05) is 24.0 Å². The summed E-state index contributed by atoms with van der Waals surface area (Å²) in [6.45, 7) is 9.68. The molecule has 3 heteroatoms. The minimum absolute atomic E-state index is 0.245. The number of nitrogens with zero attached hydrogens (tertiary/aromatic N) is 1. The van der Waals surface area contributed by atoms with Crippen molar-refractivity contribution in [3.8, 4) is 11.1 Å². The van der Waals surface area contributed by atoms with Gasteiger partial charge in [0.1, 0.15) is 0 Å². The number of allylic oxidation sites excluding steroid dienone is 9. The molecule has 226 valence electrons. The maximum Gasteiger partial charge on any atom is 0.0684 e. The fourth-order valence-electron chi connectivity index (χ4n) is 6.78. The first-order valence-corrected chi connectivity index (χ1v) is 16.6. The summed E-state index contributed by atoms with van der Waals surface area (Å²) in [4.78, 5) is 0. The molecule has 0 aromatic heterocycles. The Morgan fingerprint density at radius 1 is 0.837 bits per heavy atom. The molecule has 2 unspecified atom stereocenters. The average Bonchev–Trinajstić information content (AvgIpc) is 3.45. The van der Waals surface area contributed by atoms with Gasteiger partial charge in [0.25, 0.3) is 0 Å². The number of rotatable bonds is 16. The second-order valence-corrected chi connectivity index (χ2v) is 12.5. The molecular weight excluding hydrogens is 522 g/mol. The lowest BCUT2D eigenvalue weighted by Crippen LogP contribution is -2.42. The molecule has 0 radical (unpaired) electrons. The Balaban J connectivity index is 1.22. The molecule has 1 heterocycles. The number of hydrogen-bond acceptors (Lipinski definition) is 3. The van der Waals surface area contributed by atoms with Gasteiger partial charge in [-0.3, -0.25) is 0 Å². The molecule has 0 spiro atoms. The van der Waals surface area contributed by atoms with Crippen LogP contribution in [0.5, 0.6) is 0 Å². The molecule has 1 fully saturated rings. The van der Waals surface area contributed by atoms with Gasteiger partial charge in [-0.2, -0.15) is 0 Å². The van der Waals surface area contributed by atoms with Crippen LogP contribution in [0.4, 0.5) is 5.69 Å². The number of hydrogen-bond donors (Lipinski definition) is 2. The summed E-state index contributed by atoms with van der Waals surface area (Å²) >= 11 is 0. The first kappa shape index (κ1) is 30.9. The maximum atomic E-state index is 4.65. The van der Waals surface area contributed by atoms with E-state index in [9.17, 15) is 0 Å². The van der Waals surface area contributed by atoms with Crippen LogP contribution in [0, 0.1) is 5.92 Å². The Morgan fingerprint density at radius 2 is 1.47 bits per heavy atom. The Bertz CT molecular complexity index is 1260. The molecule has 2 N–H and O–H groups in total. The lowest BCUT2D eigenvalue weighted by molar-refractivity contribution is 0.314. The standard InChI is InChI=1S/C40H51N3/c1-3-15-35-30-40(43(31-35)42-39-28-26-37(27-29-39)36-22-11-6-12-23-36)32(2)41-38(24-13-20-33-16-7-4-8-17-33)25-14-21-34-18-9-5-10-19-34/h3,6-7,9,11-12,16-19,22-23,26-29,35,38,40-42H,1-2,4-5,8,10,13-15,20-21,24-25,30-31H2. The van der Waals surface area contributed by atoms with E-state index in [4.69, 9.17) is 0 Å². The van der Waals surface area contributed by atoms with Crippen LogP contribution in [0.2, 0.25) is 0 Å². The zero-order valence-electron chi connectivity index (χ0n) is 26.0. The Labute approximate surface area is 260 Å². The molecule has 5 rings (SSSR count). The predicted molar refractivity (Wildman–Crippen MR) is 186 cm³/mol. The first-order valence-electron chi connectivity index (χ1n) is 16.6. The molecule has 43 heavy (non-hydrogen) atoms. The number of anilines is 1. The van der Waals surface area contributed by atoms with E-state index >= 15 is 0 Å². The van der Waals surface area contributed by atoms with Crippen molar-refractivity contribution in [1.29, 1.82) is 0 Å². The van der Waals surface area contributed by atoms with E-state index in [2.05, 4.69) is 126 Å². The van der Waals surface area contributed by atoms with Crippen molar-refractivity contribution in [2.45, 2.75) is 89.1 Å². The van der Waals surface area contributed by atoms with Crippen LogP contribution in [-0.4, -0.2) is 23.6 Å². The molecule has 0 saturated carbocycles. The lowest BCUT2D eigenvalue weighted by Gasteiger charge is -2.31. The summed E-state index contributed by atoms with van der Waals surface area (Å²) in [5.41, 5.74) is 11.5. The Morgan fingerprint density at radius 3 is 2.05 bits per heavy atom. The molecule has 0 bridgehead atoms. The zero-order chi connectivity index (χ0) is 29.7. The largest absolute Gasteiger partial charge is 0.385 e. The second-order valence-electron chi connectivity index (χ2n) is 12.5. The molecule has 1 aliphatic heterocycles. The molecule has 2 aromatic carbocycles. The molecular formula is C40H51N3. The van der Waals surface area contributed by atoms with Gasteiger partial charge in [0.2, 0.25) is 0 Å². The number of nitrogens with one attached hydrogen (secondary N) is 2. The number of benzene rings is 2. The smallest absolute Gasteiger partial charge is 0.0684 e. The summed E-state index contributed by atoms with van der Waals surface area (Å²) in [6, 6.07) is 20.1. The maximum absolute atomic E-state index is 4.65. The van der Waals surface area contributed by atoms with Crippen molar-refractivity contribution >= 4 is 5.69 Å². The SMILES string of the molecule is C=CCC1CC(C(=C)NC(CCCC2=CCCC=C2)CCCC2=CCCC=C2)N(Nc2ccc(-c3ccccc3)cc2)C1. The fraction of sp³-hybridized carbons (Fsp3) is 0.400. The lowest BCUT2D eigenvalue weighted by atomic mass is 9.95. The van der Waals surface area contributed by atoms with Gasteiger partial charge in [0.15, 0.2) is 0 Å². The van der Waals surface area contributed by atoms with Gasteiger partial charge in [-0.25, -0.2) is 5.01 Å². The van der Waals surface area contributed by atoms with Crippen molar-refractivity contribution in [1.82, 2.24) is 10.3 Å². The van der Waals surface area contributed by atoms with Gasteiger partial charge in [-0.1, -0.05) is 103 Å². The van der Waals surface area contributed by atoms with Gasteiger partial charge in [-0.05, 0) is 106 Å². The van der Waals surface area contributed by atoms with Crippen molar-refractivity contribution in [2.24, 2.45) is 5.92 Å². The topological polar surface area (TPSA) is 27.3 Å². The van der Waals surface area contributed by atoms with Crippen LogP contribution in [0.1, 0.15) is 77.0 Å². The quantitative estimate of drug-likeness (QED) is 0.196. The van der Waals surface area contributed by atoms with E-state index in [0.29, 0.717) is 12.0 Å². The summed E-state index contributed by atoms with van der Waals surface area (Å²) in [5.74, 6) is 0.575. The Kier molecular flexibility index (Phi) is 11.7. The molecule has 2 aromatic rings. The van der Waals surface area contributed by atoms with E-state index < -0.39 is 0 Å². The highest BCUT2D eigenvalue weighted by molar-refractivity contribution is 5.65. The third-order valence-electron chi connectivity index (χ3n) is 9.12. The van der Waals surface area contributed by atoms with Crippen molar-refractivity contribution in [3.63, 3.8) is 0 Å². The molecule has 0 amide bonds. The monoisotopic (exact) mass is 573 g/mol. The van der Waals surface area contributed by atoms with E-state index in [0.717, 1.165) is 30.8 Å². The summed E-state index contributed by atoms with van der Waals surface area (Å²) in [7, 11) is 0. The first-order chi connectivity index (χ1) is 21.2. The van der Waals surface area contributed by atoms with Crippen LogP contribution < -0.4 is 10.7 Å². The van der Waals surface area contributed by atoms with E-state index in [1.807, 2.05) is 0 Å². The van der Waals surface area contributed by atoms with E-state index in [1.165, 1.54) is 86.5 Å². The second kappa shape index (κ2) is 16.3. The minimum atomic E-state index is 0.245. The zero-order valence-corrected chi connectivity index (χ0v) is 26.0. The van der Waals surface area contributed by atoms with Crippen molar-refractivity contribution < 1.29 is 0 Å². The Hall–Kier alpha value is -3.56. The van der Waals surface area contributed by atoms with Gasteiger partial charge < -0.3 is 10.7 Å². The minimum Gasteiger partial charge on any atom is -0.385 e. The fourth-order valence-corrected chi connectivity index (χ4v) is 6.78. The highest BCUT2D eigenvalue weighted by Gasteiger charge is 2.34. The van der Waals surface area contributed by atoms with Crippen LogP contribution in [0.3, 0.4) is 0 Å². The molecule has 2 aliphatic carbocycles. The summed E-state index contributed by atoms with van der Waals surface area (Å²) < 4.78 is 0. The molecule has 3 aliphatic rings. The van der Waals surface area contributed by atoms with Crippen LogP contribution in [-0.2, 0) is 0 Å². The predicted octanol–water partition coefficient (Wildman–Crippen LogP) is 10.3. The van der Waals surface area contributed by atoms with E-state index in [-0.39, 0.29) is 6.04 Å². The van der Waals surface area contributed by atoms with E-state index in [1.54, 1.807) is 0 Å². The van der Waals surface area contributed by atoms with Gasteiger partial charge >= 0.3 is 0 Å².